The predicted molar refractivity (Wildman–Crippen MR) is 66.9 cm³/mol. The van der Waals surface area contributed by atoms with Gasteiger partial charge in [0.15, 0.2) is 0 Å². The van der Waals surface area contributed by atoms with Gasteiger partial charge in [0.2, 0.25) is 0 Å². The van der Waals surface area contributed by atoms with Crippen LogP contribution in [-0.4, -0.2) is 15.1 Å². The molecule has 1 rings (SSSR count). The van der Waals surface area contributed by atoms with E-state index in [9.17, 15) is 0 Å². The first-order valence-electron chi connectivity index (χ1n) is 5.70. The third-order valence-corrected chi connectivity index (χ3v) is 2.32. The van der Waals surface area contributed by atoms with Crippen LogP contribution < -0.4 is 5.32 Å². The molecule has 0 atom stereocenters. The first kappa shape index (κ1) is 12.8. The van der Waals surface area contributed by atoms with Crippen LogP contribution in [-0.2, 0) is 13.1 Å². The summed E-state index contributed by atoms with van der Waals surface area (Å²) >= 11 is 0. The maximum absolute atomic E-state index is 5.23. The molecular weight excluding hydrogens is 198 g/mol. The van der Waals surface area contributed by atoms with Gasteiger partial charge in [0, 0.05) is 31.2 Å². The van der Waals surface area contributed by atoms with Crippen LogP contribution in [0, 0.1) is 12.3 Å². The fourth-order valence-electron chi connectivity index (χ4n) is 1.40. The lowest BCUT2D eigenvalue weighted by atomic mass is 10.1. The highest BCUT2D eigenvalue weighted by atomic mass is 15.1. The number of nitrogens with zero attached hydrogens (tertiary/aromatic N) is 2. The number of aromatic nitrogens is 2. The average molecular weight is 219 g/mol. The van der Waals surface area contributed by atoms with Crippen molar-refractivity contribution in [1.29, 1.82) is 0 Å². The van der Waals surface area contributed by atoms with Gasteiger partial charge in [-0.3, -0.25) is 0 Å². The lowest BCUT2D eigenvalue weighted by Crippen LogP contribution is -2.35. The Labute approximate surface area is 98.3 Å². The topological polar surface area (TPSA) is 29.9 Å². The lowest BCUT2D eigenvalue weighted by molar-refractivity contribution is 0.415. The molecule has 0 unspecified atom stereocenters. The first-order chi connectivity index (χ1) is 7.53. The summed E-state index contributed by atoms with van der Waals surface area (Å²) in [4.78, 5) is 4.17. The minimum absolute atomic E-state index is 0.133. The molecule has 0 bridgehead atoms. The Morgan fingerprint density at radius 3 is 2.88 bits per heavy atom. The van der Waals surface area contributed by atoms with Crippen molar-refractivity contribution < 1.29 is 0 Å². The Balaban J connectivity index is 2.48. The number of terminal acetylenes is 1. The van der Waals surface area contributed by atoms with Crippen molar-refractivity contribution in [2.75, 3.05) is 0 Å². The normalized spacial score (nSPS) is 11.4. The van der Waals surface area contributed by atoms with Gasteiger partial charge in [-0.25, -0.2) is 4.98 Å². The molecule has 3 nitrogen and oxygen atoms in total. The van der Waals surface area contributed by atoms with Gasteiger partial charge in [0.05, 0.1) is 12.0 Å². The largest absolute Gasteiger partial charge is 0.333 e. The zero-order chi connectivity index (χ0) is 12.0. The van der Waals surface area contributed by atoms with E-state index in [-0.39, 0.29) is 5.54 Å². The van der Waals surface area contributed by atoms with Crippen molar-refractivity contribution in [2.24, 2.45) is 0 Å². The number of rotatable bonds is 5. The van der Waals surface area contributed by atoms with Gasteiger partial charge in [0.25, 0.3) is 0 Å². The van der Waals surface area contributed by atoms with Gasteiger partial charge in [-0.15, -0.1) is 12.3 Å². The van der Waals surface area contributed by atoms with Crippen LogP contribution in [0.4, 0.5) is 0 Å². The molecule has 1 aromatic heterocycles. The smallest absolute Gasteiger partial charge is 0.0948 e. The Morgan fingerprint density at radius 1 is 1.50 bits per heavy atom. The van der Waals surface area contributed by atoms with Gasteiger partial charge >= 0.3 is 0 Å². The van der Waals surface area contributed by atoms with Crippen LogP contribution >= 0.6 is 0 Å². The summed E-state index contributed by atoms with van der Waals surface area (Å²) in [5.41, 5.74) is 1.35. The van der Waals surface area contributed by atoms with Crippen LogP contribution in [0.2, 0.25) is 0 Å². The molecule has 88 valence electrons. The molecule has 3 heteroatoms. The highest BCUT2D eigenvalue weighted by Crippen LogP contribution is 2.05. The second kappa shape index (κ2) is 5.72. The molecule has 0 saturated carbocycles. The molecule has 16 heavy (non-hydrogen) atoms. The van der Waals surface area contributed by atoms with Gasteiger partial charge in [-0.1, -0.05) is 0 Å². The number of aryl methyl sites for hydroxylation is 1. The highest BCUT2D eigenvalue weighted by molar-refractivity contribution is 4.99. The average Bonchev–Trinajstić information content (AvgIpc) is 2.62. The Hall–Kier alpha value is -1.27. The molecule has 0 aromatic carbocycles. The molecule has 0 saturated heterocycles. The summed E-state index contributed by atoms with van der Waals surface area (Å²) in [6, 6.07) is 0. The Bertz CT molecular complexity index is 352. The number of imidazole rings is 1. The van der Waals surface area contributed by atoms with E-state index in [1.807, 2.05) is 12.5 Å². The first-order valence-corrected chi connectivity index (χ1v) is 5.70. The van der Waals surface area contributed by atoms with Crippen LogP contribution in [0.5, 0.6) is 0 Å². The van der Waals surface area contributed by atoms with Gasteiger partial charge in [0.1, 0.15) is 0 Å². The summed E-state index contributed by atoms with van der Waals surface area (Å²) < 4.78 is 2.16. The second-order valence-electron chi connectivity index (χ2n) is 4.99. The third-order valence-electron chi connectivity index (χ3n) is 2.32. The fraction of sp³-hybridized carbons (Fsp3) is 0.615. The van der Waals surface area contributed by atoms with Gasteiger partial charge < -0.3 is 9.88 Å². The van der Waals surface area contributed by atoms with E-state index in [1.165, 1.54) is 5.69 Å². The predicted octanol–water partition coefficient (Wildman–Crippen LogP) is 2.18. The zero-order valence-corrected chi connectivity index (χ0v) is 10.5. The lowest BCUT2D eigenvalue weighted by Gasteiger charge is -2.20. The van der Waals surface area contributed by atoms with E-state index in [2.05, 4.69) is 41.6 Å². The quantitative estimate of drug-likeness (QED) is 0.607. The number of nitrogens with one attached hydrogen (secondary N) is 1. The molecule has 0 aliphatic carbocycles. The second-order valence-corrected chi connectivity index (χ2v) is 4.99. The fourth-order valence-corrected chi connectivity index (χ4v) is 1.40. The molecule has 1 aromatic rings. The number of unbranched alkanes of at least 4 members (excludes halogenated alkanes) is 1. The SMILES string of the molecule is C#CCCCn1cncc1CNC(C)(C)C. The molecule has 0 aliphatic rings. The zero-order valence-electron chi connectivity index (χ0n) is 10.5. The van der Waals surface area contributed by atoms with E-state index >= 15 is 0 Å². The maximum Gasteiger partial charge on any atom is 0.0948 e. The van der Waals surface area contributed by atoms with E-state index < -0.39 is 0 Å². The van der Waals surface area contributed by atoms with Gasteiger partial charge in [-0.2, -0.15) is 0 Å². The Morgan fingerprint density at radius 2 is 2.25 bits per heavy atom. The summed E-state index contributed by atoms with van der Waals surface area (Å²) in [6.45, 7) is 8.27. The molecule has 1 heterocycles. The molecular formula is C13H21N3. The van der Waals surface area contributed by atoms with Crippen molar-refractivity contribution in [1.82, 2.24) is 14.9 Å². The third kappa shape index (κ3) is 4.50. The number of hydrogen-bond acceptors (Lipinski definition) is 2. The van der Waals surface area contributed by atoms with Crippen LogP contribution in [0.3, 0.4) is 0 Å². The van der Waals surface area contributed by atoms with E-state index in [0.29, 0.717) is 0 Å². The summed E-state index contributed by atoms with van der Waals surface area (Å²) in [7, 11) is 0. The number of hydrogen-bond donors (Lipinski definition) is 1. The standard InChI is InChI=1S/C13H21N3/c1-5-6-7-8-16-11-14-9-12(16)10-15-13(2,3)4/h1,9,11,15H,6-8,10H2,2-4H3. The summed E-state index contributed by atoms with van der Waals surface area (Å²) in [5.74, 6) is 2.66. The molecule has 0 aliphatic heterocycles. The Kier molecular flexibility index (Phi) is 4.57. The summed E-state index contributed by atoms with van der Waals surface area (Å²) in [5, 5.41) is 3.45. The maximum atomic E-state index is 5.23. The van der Waals surface area contributed by atoms with E-state index in [4.69, 9.17) is 6.42 Å². The monoisotopic (exact) mass is 219 g/mol. The molecule has 0 fully saturated rings. The highest BCUT2D eigenvalue weighted by Gasteiger charge is 2.10. The van der Waals surface area contributed by atoms with E-state index in [0.717, 1.165) is 25.9 Å². The minimum Gasteiger partial charge on any atom is -0.333 e. The van der Waals surface area contributed by atoms with Crippen molar-refractivity contribution >= 4 is 0 Å². The van der Waals surface area contributed by atoms with Crippen LogP contribution in [0.15, 0.2) is 12.5 Å². The molecule has 0 radical (unpaired) electrons. The van der Waals surface area contributed by atoms with E-state index in [1.54, 1.807) is 0 Å². The molecule has 1 N–H and O–H groups in total. The van der Waals surface area contributed by atoms with Crippen molar-refractivity contribution in [3.8, 4) is 12.3 Å². The van der Waals surface area contributed by atoms with Crippen molar-refractivity contribution in [2.45, 2.75) is 52.2 Å². The minimum atomic E-state index is 0.133. The van der Waals surface area contributed by atoms with Crippen molar-refractivity contribution in [3.63, 3.8) is 0 Å². The van der Waals surface area contributed by atoms with Gasteiger partial charge in [-0.05, 0) is 27.2 Å². The van der Waals surface area contributed by atoms with Crippen LogP contribution in [0.25, 0.3) is 0 Å². The van der Waals surface area contributed by atoms with Crippen molar-refractivity contribution in [3.05, 3.63) is 18.2 Å². The molecule has 0 amide bonds. The molecule has 0 spiro atoms. The van der Waals surface area contributed by atoms with Crippen LogP contribution in [0.1, 0.15) is 39.3 Å². The summed E-state index contributed by atoms with van der Waals surface area (Å²) in [6.07, 6.45) is 10.9.